The van der Waals surface area contributed by atoms with Gasteiger partial charge in [-0.15, -0.1) is 0 Å². The molecule has 2 aliphatic rings. The lowest BCUT2D eigenvalue weighted by Gasteiger charge is -2.29. The normalized spacial score (nSPS) is 25.9. The van der Waals surface area contributed by atoms with Crippen molar-refractivity contribution in [2.24, 2.45) is 11.8 Å². The summed E-state index contributed by atoms with van der Waals surface area (Å²) >= 11 is 0. The van der Waals surface area contributed by atoms with E-state index >= 15 is 0 Å². The van der Waals surface area contributed by atoms with Crippen molar-refractivity contribution < 1.29 is 4.79 Å². The van der Waals surface area contributed by atoms with Gasteiger partial charge in [0.15, 0.2) is 0 Å². The fraction of sp³-hybridized carbons (Fsp3) is 0.933. The van der Waals surface area contributed by atoms with E-state index < -0.39 is 0 Å². The fourth-order valence-electron chi connectivity index (χ4n) is 3.32. The molecule has 3 heteroatoms. The van der Waals surface area contributed by atoms with Crippen molar-refractivity contribution in [3.05, 3.63) is 0 Å². The number of hydrogen-bond donors (Lipinski definition) is 1. The first-order valence-electron chi connectivity index (χ1n) is 7.73. The largest absolute Gasteiger partial charge is 0.346 e. The molecule has 104 valence electrons. The molecule has 1 heterocycles. The van der Waals surface area contributed by atoms with Gasteiger partial charge >= 0.3 is 0 Å². The molecule has 1 saturated carbocycles. The number of rotatable bonds is 4. The van der Waals surface area contributed by atoms with Crippen LogP contribution < -0.4 is 5.32 Å². The quantitative estimate of drug-likeness (QED) is 0.833. The van der Waals surface area contributed by atoms with Gasteiger partial charge < -0.3 is 10.2 Å². The molecule has 18 heavy (non-hydrogen) atoms. The Labute approximate surface area is 111 Å². The lowest BCUT2D eigenvalue weighted by Crippen LogP contribution is -2.37. The predicted octanol–water partition coefficient (Wildman–Crippen LogP) is 2.41. The van der Waals surface area contributed by atoms with Gasteiger partial charge in [-0.25, -0.2) is 0 Å². The van der Waals surface area contributed by atoms with E-state index in [-0.39, 0.29) is 0 Å². The van der Waals surface area contributed by atoms with Gasteiger partial charge in [0.1, 0.15) is 0 Å². The first kappa shape index (κ1) is 13.9. The molecule has 1 aliphatic carbocycles. The maximum absolute atomic E-state index is 12.3. The molecule has 1 amide bonds. The van der Waals surface area contributed by atoms with Crippen molar-refractivity contribution in [3.8, 4) is 0 Å². The van der Waals surface area contributed by atoms with Crippen LogP contribution in [-0.2, 0) is 4.79 Å². The van der Waals surface area contributed by atoms with Gasteiger partial charge in [0.05, 0.1) is 0 Å². The van der Waals surface area contributed by atoms with Crippen LogP contribution in [0, 0.1) is 11.8 Å². The Balaban J connectivity index is 1.69. The van der Waals surface area contributed by atoms with E-state index in [0.29, 0.717) is 11.8 Å². The lowest BCUT2D eigenvalue weighted by atomic mass is 9.88. The van der Waals surface area contributed by atoms with Crippen LogP contribution in [0.15, 0.2) is 0 Å². The van der Waals surface area contributed by atoms with E-state index in [4.69, 9.17) is 0 Å². The molecule has 1 unspecified atom stereocenters. The van der Waals surface area contributed by atoms with E-state index in [0.717, 1.165) is 31.8 Å². The van der Waals surface area contributed by atoms with Crippen molar-refractivity contribution in [1.82, 2.24) is 10.2 Å². The van der Waals surface area contributed by atoms with Crippen molar-refractivity contribution in [3.63, 3.8) is 0 Å². The minimum Gasteiger partial charge on any atom is -0.346 e. The van der Waals surface area contributed by atoms with E-state index in [9.17, 15) is 4.79 Å². The van der Waals surface area contributed by atoms with Crippen LogP contribution in [-0.4, -0.2) is 37.5 Å². The number of nitrogens with one attached hydrogen (secondary N) is 1. The molecular weight excluding hydrogens is 224 g/mol. The molecule has 0 spiro atoms. The van der Waals surface area contributed by atoms with Gasteiger partial charge in [-0.1, -0.05) is 19.3 Å². The molecule has 0 aromatic heterocycles. The van der Waals surface area contributed by atoms with E-state index in [1.54, 1.807) is 0 Å². The zero-order chi connectivity index (χ0) is 12.8. The molecule has 1 atom stereocenters. The smallest absolute Gasteiger partial charge is 0.225 e. The van der Waals surface area contributed by atoms with E-state index in [1.807, 2.05) is 11.9 Å². The molecule has 0 bridgehead atoms. The number of piperidine rings is 1. The second-order valence-corrected chi connectivity index (χ2v) is 6.10. The topological polar surface area (TPSA) is 32.3 Å². The summed E-state index contributed by atoms with van der Waals surface area (Å²) in [7, 11) is 1.99. The number of carbonyl (C=O) groups excluding carboxylic acids is 1. The third-order valence-corrected chi connectivity index (χ3v) is 4.60. The number of nitrogens with zero attached hydrogens (tertiary/aromatic N) is 1. The van der Waals surface area contributed by atoms with Crippen LogP contribution in [0.3, 0.4) is 0 Å². The first-order chi connectivity index (χ1) is 8.77. The van der Waals surface area contributed by atoms with Crippen LogP contribution in [0.25, 0.3) is 0 Å². The average molecular weight is 252 g/mol. The van der Waals surface area contributed by atoms with Crippen LogP contribution >= 0.6 is 0 Å². The van der Waals surface area contributed by atoms with Gasteiger partial charge in [-0.05, 0) is 51.1 Å². The highest BCUT2D eigenvalue weighted by Gasteiger charge is 2.24. The second kappa shape index (κ2) is 7.13. The highest BCUT2D eigenvalue weighted by molar-refractivity contribution is 5.78. The average Bonchev–Trinajstić information content (AvgIpc) is 2.46. The van der Waals surface area contributed by atoms with Gasteiger partial charge in [0, 0.05) is 19.5 Å². The number of carbonyl (C=O) groups is 1. The molecule has 1 aliphatic heterocycles. The summed E-state index contributed by atoms with van der Waals surface area (Å²) in [5.74, 6) is 1.51. The molecule has 2 fully saturated rings. The molecular formula is C15H28N2O. The van der Waals surface area contributed by atoms with Gasteiger partial charge in [-0.2, -0.15) is 0 Å². The third-order valence-electron chi connectivity index (χ3n) is 4.60. The Hall–Kier alpha value is -0.570. The Bertz CT molecular complexity index is 255. The lowest BCUT2D eigenvalue weighted by molar-refractivity contribution is -0.135. The third kappa shape index (κ3) is 3.98. The second-order valence-electron chi connectivity index (χ2n) is 6.10. The molecule has 2 rings (SSSR count). The molecule has 1 N–H and O–H groups in total. The van der Waals surface area contributed by atoms with Crippen molar-refractivity contribution in [2.45, 2.75) is 51.4 Å². The molecule has 0 aromatic rings. The summed E-state index contributed by atoms with van der Waals surface area (Å²) in [6, 6.07) is 0. The van der Waals surface area contributed by atoms with Crippen molar-refractivity contribution in [2.75, 3.05) is 26.7 Å². The molecule has 1 saturated heterocycles. The van der Waals surface area contributed by atoms with Crippen LogP contribution in [0.4, 0.5) is 0 Å². The summed E-state index contributed by atoms with van der Waals surface area (Å²) in [6.45, 7) is 3.26. The van der Waals surface area contributed by atoms with Crippen molar-refractivity contribution in [1.29, 1.82) is 0 Å². The Morgan fingerprint density at radius 2 is 1.94 bits per heavy atom. The van der Waals surface area contributed by atoms with Gasteiger partial charge in [0.25, 0.3) is 0 Å². The number of amides is 1. The predicted molar refractivity (Wildman–Crippen MR) is 74.4 cm³/mol. The molecule has 3 nitrogen and oxygen atoms in total. The maximum atomic E-state index is 12.3. The summed E-state index contributed by atoms with van der Waals surface area (Å²) < 4.78 is 0. The first-order valence-corrected chi connectivity index (χ1v) is 7.73. The maximum Gasteiger partial charge on any atom is 0.225 e. The van der Waals surface area contributed by atoms with Crippen LogP contribution in [0.5, 0.6) is 0 Å². The Morgan fingerprint density at radius 3 is 2.61 bits per heavy atom. The standard InChI is InChI=1S/C15H28N2O/c1-17(11-9-13-6-5-10-16-12-13)15(18)14-7-3-2-4-8-14/h13-14,16H,2-12H2,1H3. The zero-order valence-corrected chi connectivity index (χ0v) is 11.8. The van der Waals surface area contributed by atoms with E-state index in [1.165, 1.54) is 45.1 Å². The minimum absolute atomic E-state index is 0.327. The van der Waals surface area contributed by atoms with Crippen LogP contribution in [0.2, 0.25) is 0 Å². The van der Waals surface area contributed by atoms with Crippen LogP contribution in [0.1, 0.15) is 51.4 Å². The fourth-order valence-corrected chi connectivity index (χ4v) is 3.32. The van der Waals surface area contributed by atoms with Crippen molar-refractivity contribution >= 4 is 5.91 Å². The summed E-state index contributed by atoms with van der Waals surface area (Å²) in [5.41, 5.74) is 0. The highest BCUT2D eigenvalue weighted by Crippen LogP contribution is 2.25. The summed E-state index contributed by atoms with van der Waals surface area (Å²) in [4.78, 5) is 14.3. The Kier molecular flexibility index (Phi) is 5.48. The SMILES string of the molecule is CN(CCC1CCCNC1)C(=O)C1CCCCC1. The highest BCUT2D eigenvalue weighted by atomic mass is 16.2. The van der Waals surface area contributed by atoms with E-state index in [2.05, 4.69) is 5.32 Å². The van der Waals surface area contributed by atoms with Gasteiger partial charge in [0.2, 0.25) is 5.91 Å². The minimum atomic E-state index is 0.327. The summed E-state index contributed by atoms with van der Waals surface area (Å²) in [6.07, 6.45) is 9.85. The number of hydrogen-bond acceptors (Lipinski definition) is 2. The molecule has 0 radical (unpaired) electrons. The molecule has 0 aromatic carbocycles. The summed E-state index contributed by atoms with van der Waals surface area (Å²) in [5, 5.41) is 3.45. The van der Waals surface area contributed by atoms with Gasteiger partial charge in [-0.3, -0.25) is 4.79 Å². The Morgan fingerprint density at radius 1 is 1.17 bits per heavy atom. The monoisotopic (exact) mass is 252 g/mol. The zero-order valence-electron chi connectivity index (χ0n) is 11.8.